The monoisotopic (exact) mass is 216 g/mol. The molecule has 0 saturated heterocycles. The first-order valence-corrected chi connectivity index (χ1v) is 3.84. The van der Waals surface area contributed by atoms with Crippen LogP contribution in [0.25, 0.3) is 0 Å². The molecule has 0 aromatic heterocycles. The largest absolute Gasteiger partial charge is 0.478 e. The Morgan fingerprint density at radius 2 is 2.07 bits per heavy atom. The highest BCUT2D eigenvalue weighted by molar-refractivity contribution is 5.84. The molecule has 0 aliphatic rings. The second-order valence-electron chi connectivity index (χ2n) is 2.12. The molecule has 0 rings (SSSR count). The van der Waals surface area contributed by atoms with Gasteiger partial charge in [0.2, 0.25) is 0 Å². The van der Waals surface area contributed by atoms with Crippen LogP contribution in [0.5, 0.6) is 0 Å². The summed E-state index contributed by atoms with van der Waals surface area (Å²) < 4.78 is 4.32. The number of carboxylic acid groups (broad SMARTS) is 1. The number of hydrazone groups is 1. The zero-order valence-electron chi connectivity index (χ0n) is 8.44. The molecular formula is C8H12N2O5. The van der Waals surface area contributed by atoms with Crippen molar-refractivity contribution in [3.8, 4) is 0 Å². The molecule has 0 unspecified atom stereocenters. The second-order valence-corrected chi connectivity index (χ2v) is 2.12. The van der Waals surface area contributed by atoms with Crippen LogP contribution in [0.2, 0.25) is 0 Å². The van der Waals surface area contributed by atoms with Crippen LogP contribution >= 0.6 is 0 Å². The zero-order valence-corrected chi connectivity index (χ0v) is 8.44. The van der Waals surface area contributed by atoms with Gasteiger partial charge in [-0.1, -0.05) is 11.7 Å². The van der Waals surface area contributed by atoms with Crippen LogP contribution in [-0.4, -0.2) is 29.9 Å². The molecule has 84 valence electrons. The molecule has 0 aliphatic heterocycles. The van der Waals surface area contributed by atoms with Gasteiger partial charge in [-0.3, -0.25) is 0 Å². The van der Waals surface area contributed by atoms with Crippen LogP contribution < -0.4 is 5.43 Å². The van der Waals surface area contributed by atoms with E-state index >= 15 is 0 Å². The van der Waals surface area contributed by atoms with Crippen LogP contribution in [0.4, 0.5) is 4.79 Å². The minimum atomic E-state index is -0.935. The normalized spacial score (nSPS) is 7.33. The number of carboxylic acids is 1. The van der Waals surface area contributed by atoms with Crippen molar-refractivity contribution < 1.29 is 24.2 Å². The molecule has 0 radical (unpaired) electrons. The van der Waals surface area contributed by atoms with Crippen molar-refractivity contribution in [3.63, 3.8) is 0 Å². The fraction of sp³-hybridized carbons (Fsp3) is 0.375. The van der Waals surface area contributed by atoms with E-state index in [1.54, 1.807) is 12.3 Å². The first-order chi connectivity index (χ1) is 6.95. The molecule has 0 fully saturated rings. The summed E-state index contributed by atoms with van der Waals surface area (Å²) in [7, 11) is 0. The Labute approximate surface area is 86.4 Å². The Balaban J connectivity index is 0. The quantitative estimate of drug-likeness (QED) is 0.311. The van der Waals surface area contributed by atoms with Gasteiger partial charge in [0.05, 0.1) is 6.61 Å². The molecule has 0 bridgehead atoms. The van der Waals surface area contributed by atoms with Crippen LogP contribution in [0.1, 0.15) is 13.8 Å². The number of nitrogens with one attached hydrogen (secondary N) is 1. The van der Waals surface area contributed by atoms with Gasteiger partial charge in [0.25, 0.3) is 6.08 Å². The first-order valence-electron chi connectivity index (χ1n) is 3.84. The summed E-state index contributed by atoms with van der Waals surface area (Å²) in [5, 5.41) is 10.7. The molecule has 0 aliphatic carbocycles. The standard InChI is InChI=1S/C4H6N2O3.C4H6O2/c1-2-9-4(8)6-5-3-7;1-3(2)4(5)6/h2H2,1H3,(H,6,8);1H2,2H3,(H,5,6). The smallest absolute Gasteiger partial charge is 0.428 e. The lowest BCUT2D eigenvalue weighted by atomic mass is 10.4. The van der Waals surface area contributed by atoms with E-state index in [0.717, 1.165) is 6.08 Å². The molecule has 2 N–H and O–H groups in total. The molecule has 0 atom stereocenters. The van der Waals surface area contributed by atoms with E-state index in [2.05, 4.69) is 16.4 Å². The van der Waals surface area contributed by atoms with Gasteiger partial charge >= 0.3 is 12.1 Å². The van der Waals surface area contributed by atoms with Gasteiger partial charge in [-0.25, -0.2) is 19.8 Å². The van der Waals surface area contributed by atoms with Crippen molar-refractivity contribution in [3.05, 3.63) is 12.2 Å². The molecule has 15 heavy (non-hydrogen) atoms. The van der Waals surface area contributed by atoms with E-state index in [0.29, 0.717) is 0 Å². The molecule has 0 saturated carbocycles. The second kappa shape index (κ2) is 9.94. The molecule has 0 heterocycles. The first kappa shape index (κ1) is 15.3. The van der Waals surface area contributed by atoms with E-state index in [-0.39, 0.29) is 12.2 Å². The maximum Gasteiger partial charge on any atom is 0.428 e. The van der Waals surface area contributed by atoms with Crippen molar-refractivity contribution in [2.24, 2.45) is 5.10 Å². The summed E-state index contributed by atoms with van der Waals surface area (Å²) >= 11 is 0. The number of carbonyl (C=O) groups excluding carboxylic acids is 2. The summed E-state index contributed by atoms with van der Waals surface area (Å²) in [4.78, 5) is 29.1. The number of hydrogen-bond donors (Lipinski definition) is 2. The zero-order chi connectivity index (χ0) is 12.3. The molecule has 0 spiro atoms. The van der Waals surface area contributed by atoms with Gasteiger partial charge in [0.1, 0.15) is 0 Å². The van der Waals surface area contributed by atoms with Crippen LogP contribution in [0.15, 0.2) is 17.3 Å². The number of amides is 1. The number of rotatable bonds is 3. The fourth-order valence-corrected chi connectivity index (χ4v) is 0.232. The van der Waals surface area contributed by atoms with E-state index in [4.69, 9.17) is 5.11 Å². The Kier molecular flexibility index (Phi) is 10.2. The van der Waals surface area contributed by atoms with E-state index < -0.39 is 12.1 Å². The summed E-state index contributed by atoms with van der Waals surface area (Å²) in [6.07, 6.45) is 0.371. The third-order valence-electron chi connectivity index (χ3n) is 0.833. The summed E-state index contributed by atoms with van der Waals surface area (Å²) in [6.45, 7) is 6.50. The summed E-state index contributed by atoms with van der Waals surface area (Å²) in [5.41, 5.74) is 1.95. The topological polar surface area (TPSA) is 105 Å². The van der Waals surface area contributed by atoms with Gasteiger partial charge in [0.15, 0.2) is 0 Å². The van der Waals surface area contributed by atoms with Gasteiger partial charge < -0.3 is 9.84 Å². The van der Waals surface area contributed by atoms with Crippen molar-refractivity contribution in [1.82, 2.24) is 5.43 Å². The maximum absolute atomic E-state index is 10.2. The molecule has 0 aromatic carbocycles. The highest BCUT2D eigenvalue weighted by atomic mass is 16.5. The Morgan fingerprint density at radius 1 is 1.60 bits per heavy atom. The van der Waals surface area contributed by atoms with E-state index in [1.165, 1.54) is 6.92 Å². The van der Waals surface area contributed by atoms with Crippen molar-refractivity contribution in [2.45, 2.75) is 13.8 Å². The van der Waals surface area contributed by atoms with Gasteiger partial charge in [-0.15, -0.1) is 0 Å². The van der Waals surface area contributed by atoms with Crippen LogP contribution in [0, 0.1) is 0 Å². The van der Waals surface area contributed by atoms with Crippen LogP contribution in [-0.2, 0) is 14.3 Å². The Bertz CT molecular complexity index is 269. The predicted molar refractivity (Wildman–Crippen MR) is 50.7 cm³/mol. The Hall–Kier alpha value is -2.14. The number of aliphatic carboxylic acids is 1. The van der Waals surface area contributed by atoms with Crippen LogP contribution in [0.3, 0.4) is 0 Å². The highest BCUT2D eigenvalue weighted by Crippen LogP contribution is 1.81. The lowest BCUT2D eigenvalue weighted by Crippen LogP contribution is -2.17. The van der Waals surface area contributed by atoms with Gasteiger partial charge in [0, 0.05) is 5.57 Å². The van der Waals surface area contributed by atoms with E-state index in [9.17, 15) is 14.4 Å². The highest BCUT2D eigenvalue weighted by Gasteiger charge is 1.93. The number of hydrogen-bond acceptors (Lipinski definition) is 5. The predicted octanol–water partition coefficient (Wildman–Crippen LogP) is 0.630. The molecular weight excluding hydrogens is 204 g/mol. The number of carbonyl (C=O) groups is 2. The lowest BCUT2D eigenvalue weighted by Gasteiger charge is -1.95. The van der Waals surface area contributed by atoms with Crippen molar-refractivity contribution >= 4 is 18.1 Å². The number of nitrogens with zero attached hydrogens (tertiary/aromatic N) is 1. The average Bonchev–Trinajstić information content (AvgIpc) is 2.16. The number of ether oxygens (including phenoxy) is 1. The third-order valence-corrected chi connectivity index (χ3v) is 0.833. The lowest BCUT2D eigenvalue weighted by molar-refractivity contribution is -0.132. The van der Waals surface area contributed by atoms with Crippen molar-refractivity contribution in [1.29, 1.82) is 0 Å². The molecule has 7 heteroatoms. The third kappa shape index (κ3) is 14.7. The molecule has 0 aromatic rings. The van der Waals surface area contributed by atoms with Crippen molar-refractivity contribution in [2.75, 3.05) is 6.61 Å². The minimum Gasteiger partial charge on any atom is -0.478 e. The SMILES string of the molecule is C=C(C)C(=O)O.CCOC(=O)NN=C=O. The fourth-order valence-electron chi connectivity index (χ4n) is 0.232. The average molecular weight is 216 g/mol. The summed E-state index contributed by atoms with van der Waals surface area (Å²) in [5.74, 6) is -0.935. The number of isocyanates is 1. The maximum atomic E-state index is 10.2. The molecule has 7 nitrogen and oxygen atoms in total. The van der Waals surface area contributed by atoms with Gasteiger partial charge in [-0.2, -0.15) is 0 Å². The minimum absolute atomic E-state index is 0.176. The molecule has 1 amide bonds. The Morgan fingerprint density at radius 3 is 2.33 bits per heavy atom. The summed E-state index contributed by atoms with van der Waals surface area (Å²) in [6, 6.07) is 0. The van der Waals surface area contributed by atoms with E-state index in [1.807, 2.05) is 0 Å². The van der Waals surface area contributed by atoms with Gasteiger partial charge in [-0.05, 0) is 13.8 Å².